The molecule has 0 saturated heterocycles. The molecule has 38 heavy (non-hydrogen) atoms. The number of carbonyl (C=O) groups excluding carboxylic acids is 2. The molecule has 2 heterocycles. The number of fused-ring (bicyclic) bond motifs is 2. The Bertz CT molecular complexity index is 1570. The molecule has 1 aromatic heterocycles. The van der Waals surface area contributed by atoms with Gasteiger partial charge in [0.1, 0.15) is 11.3 Å². The summed E-state index contributed by atoms with van der Waals surface area (Å²) in [6.07, 6.45) is 1.93. The topological polar surface area (TPSA) is 86.0 Å². The normalized spacial score (nSPS) is 14.6. The Morgan fingerprint density at radius 3 is 2.53 bits per heavy atom. The Morgan fingerprint density at radius 2 is 1.79 bits per heavy atom. The van der Waals surface area contributed by atoms with E-state index in [1.165, 1.54) is 0 Å². The smallest absolute Gasteiger partial charge is 0.338 e. The number of nitrogens with zero attached hydrogens (tertiary/aromatic N) is 1. The second kappa shape index (κ2) is 10.5. The molecule has 1 aliphatic heterocycles. The number of hydrogen-bond acceptors (Lipinski definition) is 6. The lowest BCUT2D eigenvalue weighted by atomic mass is 9.97. The largest absolute Gasteiger partial charge is 0.494 e. The van der Waals surface area contributed by atoms with Crippen LogP contribution in [0.25, 0.3) is 11.0 Å². The van der Waals surface area contributed by atoms with Gasteiger partial charge in [-0.05, 0) is 74.4 Å². The second-order valence-electron chi connectivity index (χ2n) is 9.29. The van der Waals surface area contributed by atoms with Gasteiger partial charge in [-0.1, -0.05) is 37.1 Å². The Morgan fingerprint density at radius 1 is 1.00 bits per heavy atom. The molecule has 0 aliphatic carbocycles. The zero-order chi connectivity index (χ0) is 26.8. The second-order valence-corrected chi connectivity index (χ2v) is 9.29. The van der Waals surface area contributed by atoms with E-state index in [-0.39, 0.29) is 23.4 Å². The van der Waals surface area contributed by atoms with E-state index in [0.29, 0.717) is 34.6 Å². The van der Waals surface area contributed by atoms with Crippen molar-refractivity contribution in [2.75, 3.05) is 18.1 Å². The van der Waals surface area contributed by atoms with Gasteiger partial charge >= 0.3 is 5.97 Å². The first kappa shape index (κ1) is 25.3. The number of amides is 1. The lowest BCUT2D eigenvalue weighted by Gasteiger charge is -2.25. The molecule has 0 saturated carbocycles. The van der Waals surface area contributed by atoms with Crippen LogP contribution in [0.15, 0.2) is 75.9 Å². The SMILES string of the molecule is CCCCOc1cccc(C2c3c(oc4ccc(C)cc4c3=O)C(=O)N2c2ccc(C(=O)OCC)cc2)c1. The lowest BCUT2D eigenvalue weighted by Crippen LogP contribution is -2.29. The third-order valence-corrected chi connectivity index (χ3v) is 6.62. The van der Waals surface area contributed by atoms with Crippen molar-refractivity contribution in [2.24, 2.45) is 0 Å². The van der Waals surface area contributed by atoms with E-state index in [1.54, 1.807) is 48.2 Å². The number of ether oxygens (including phenoxy) is 2. The molecule has 7 nitrogen and oxygen atoms in total. The highest BCUT2D eigenvalue weighted by Gasteiger charge is 2.43. The number of hydrogen-bond donors (Lipinski definition) is 0. The van der Waals surface area contributed by atoms with Crippen LogP contribution in [0.3, 0.4) is 0 Å². The van der Waals surface area contributed by atoms with Crippen molar-refractivity contribution < 1.29 is 23.5 Å². The number of unbranched alkanes of at least 4 members (excludes halogenated alkanes) is 1. The Kier molecular flexibility index (Phi) is 7.01. The summed E-state index contributed by atoms with van der Waals surface area (Å²) in [4.78, 5) is 41.4. The minimum atomic E-state index is -0.734. The van der Waals surface area contributed by atoms with E-state index in [4.69, 9.17) is 13.9 Å². The number of aryl methyl sites for hydroxylation is 1. The maximum Gasteiger partial charge on any atom is 0.338 e. The van der Waals surface area contributed by atoms with E-state index in [2.05, 4.69) is 6.92 Å². The van der Waals surface area contributed by atoms with E-state index in [9.17, 15) is 14.4 Å². The summed E-state index contributed by atoms with van der Waals surface area (Å²) >= 11 is 0. The molecule has 0 N–H and O–H groups in total. The third-order valence-electron chi connectivity index (χ3n) is 6.62. The molecule has 0 spiro atoms. The van der Waals surface area contributed by atoms with Crippen LogP contribution in [0.5, 0.6) is 5.75 Å². The number of esters is 1. The fourth-order valence-electron chi connectivity index (χ4n) is 4.75. The monoisotopic (exact) mass is 511 g/mol. The molecular formula is C31H29NO6. The predicted molar refractivity (Wildman–Crippen MR) is 145 cm³/mol. The van der Waals surface area contributed by atoms with Gasteiger partial charge in [0.25, 0.3) is 5.91 Å². The van der Waals surface area contributed by atoms with E-state index < -0.39 is 17.9 Å². The summed E-state index contributed by atoms with van der Waals surface area (Å²) < 4.78 is 17.1. The standard InChI is InChI=1S/C31H29NO6/c1-4-6-16-37-23-9-7-8-21(18-23)27-26-28(33)24-17-19(3)10-15-25(24)38-29(26)30(34)32(27)22-13-11-20(12-14-22)31(35)36-5-2/h7-15,17-18,27H,4-6,16H2,1-3H3. The van der Waals surface area contributed by atoms with Gasteiger partial charge in [0, 0.05) is 5.69 Å². The van der Waals surface area contributed by atoms with Crippen molar-refractivity contribution in [1.82, 2.24) is 0 Å². The first-order valence-electron chi connectivity index (χ1n) is 12.8. The quantitative estimate of drug-likeness (QED) is 0.207. The van der Waals surface area contributed by atoms with Gasteiger partial charge in [0.15, 0.2) is 5.43 Å². The molecule has 3 aromatic carbocycles. The van der Waals surface area contributed by atoms with Gasteiger partial charge in [-0.3, -0.25) is 14.5 Å². The minimum absolute atomic E-state index is 0.0168. The molecule has 0 bridgehead atoms. The summed E-state index contributed by atoms with van der Waals surface area (Å²) in [5.41, 5.74) is 2.94. The van der Waals surface area contributed by atoms with E-state index in [1.807, 2.05) is 37.3 Å². The molecule has 1 aliphatic rings. The fourth-order valence-corrected chi connectivity index (χ4v) is 4.75. The van der Waals surface area contributed by atoms with E-state index >= 15 is 0 Å². The average molecular weight is 512 g/mol. The van der Waals surface area contributed by atoms with E-state index in [0.717, 1.165) is 24.0 Å². The maximum atomic E-state index is 13.9. The van der Waals surface area contributed by atoms with Crippen LogP contribution in [0.4, 0.5) is 5.69 Å². The number of carbonyl (C=O) groups is 2. The Hall–Kier alpha value is -4.39. The highest BCUT2D eigenvalue weighted by molar-refractivity contribution is 6.10. The number of benzene rings is 3. The van der Waals surface area contributed by atoms with Gasteiger partial charge < -0.3 is 13.9 Å². The van der Waals surface area contributed by atoms with Crippen LogP contribution in [0, 0.1) is 6.92 Å². The summed E-state index contributed by atoms with van der Waals surface area (Å²) in [5, 5.41) is 0.427. The van der Waals surface area contributed by atoms with Crippen LogP contribution in [0.2, 0.25) is 0 Å². The van der Waals surface area contributed by atoms with Gasteiger partial charge in [-0.2, -0.15) is 0 Å². The van der Waals surface area contributed by atoms with Gasteiger partial charge in [0.2, 0.25) is 5.76 Å². The number of anilines is 1. The van der Waals surface area contributed by atoms with Crippen molar-refractivity contribution >= 4 is 28.5 Å². The van der Waals surface area contributed by atoms with Crippen molar-refractivity contribution in [2.45, 2.75) is 39.7 Å². The highest BCUT2D eigenvalue weighted by atomic mass is 16.5. The third kappa shape index (κ3) is 4.56. The lowest BCUT2D eigenvalue weighted by molar-refractivity contribution is 0.0526. The average Bonchev–Trinajstić information content (AvgIpc) is 3.22. The zero-order valence-electron chi connectivity index (χ0n) is 21.7. The van der Waals surface area contributed by atoms with Crippen molar-refractivity contribution in [3.63, 3.8) is 0 Å². The molecule has 7 heteroatoms. The highest BCUT2D eigenvalue weighted by Crippen LogP contribution is 2.42. The van der Waals surface area contributed by atoms with Crippen molar-refractivity contribution in [3.05, 3.63) is 105 Å². The van der Waals surface area contributed by atoms with Gasteiger partial charge in [-0.15, -0.1) is 0 Å². The summed E-state index contributed by atoms with van der Waals surface area (Å²) in [5.74, 6) is -0.189. The first-order valence-corrected chi connectivity index (χ1v) is 12.8. The summed E-state index contributed by atoms with van der Waals surface area (Å²) in [6.45, 7) is 6.58. The molecular weight excluding hydrogens is 482 g/mol. The number of rotatable bonds is 8. The van der Waals surface area contributed by atoms with Crippen LogP contribution < -0.4 is 15.1 Å². The van der Waals surface area contributed by atoms with Gasteiger partial charge in [-0.25, -0.2) is 4.79 Å². The predicted octanol–water partition coefficient (Wildman–Crippen LogP) is 6.21. The molecule has 0 radical (unpaired) electrons. The van der Waals surface area contributed by atoms with Crippen LogP contribution in [-0.4, -0.2) is 25.1 Å². The molecule has 4 aromatic rings. The summed E-state index contributed by atoms with van der Waals surface area (Å²) in [6, 6.07) is 18.6. The van der Waals surface area contributed by atoms with Crippen molar-refractivity contribution in [3.8, 4) is 5.75 Å². The van der Waals surface area contributed by atoms with Crippen LogP contribution in [0.1, 0.15) is 70.3 Å². The Balaban J connectivity index is 1.66. The summed E-state index contributed by atoms with van der Waals surface area (Å²) in [7, 11) is 0. The molecule has 1 unspecified atom stereocenters. The Labute approximate surface area is 220 Å². The molecule has 1 amide bonds. The zero-order valence-corrected chi connectivity index (χ0v) is 21.7. The molecule has 0 fully saturated rings. The van der Waals surface area contributed by atoms with Crippen molar-refractivity contribution in [1.29, 1.82) is 0 Å². The minimum Gasteiger partial charge on any atom is -0.494 e. The first-order chi connectivity index (χ1) is 18.4. The molecule has 5 rings (SSSR count). The van der Waals surface area contributed by atoms with Crippen LogP contribution >= 0.6 is 0 Å². The molecule has 1 atom stereocenters. The van der Waals surface area contributed by atoms with Gasteiger partial charge in [0.05, 0.1) is 35.8 Å². The van der Waals surface area contributed by atoms with Crippen LogP contribution in [-0.2, 0) is 4.74 Å². The molecule has 194 valence electrons. The maximum absolute atomic E-state index is 13.9. The fraction of sp³-hybridized carbons (Fsp3) is 0.258.